The van der Waals surface area contributed by atoms with E-state index < -0.39 is 0 Å². The number of carbonyl (C=O) groups is 1. The van der Waals surface area contributed by atoms with Gasteiger partial charge in [-0.15, -0.1) is 0 Å². The summed E-state index contributed by atoms with van der Waals surface area (Å²) in [7, 11) is 0. The lowest BCUT2D eigenvalue weighted by Crippen LogP contribution is -2.50. The molecular weight excluding hydrogens is 228 g/mol. The van der Waals surface area contributed by atoms with Crippen molar-refractivity contribution in [2.75, 3.05) is 26.2 Å². The summed E-state index contributed by atoms with van der Waals surface area (Å²) in [6.07, 6.45) is 6.55. The lowest BCUT2D eigenvalue weighted by Gasteiger charge is -2.37. The van der Waals surface area contributed by atoms with Gasteiger partial charge in [-0.3, -0.25) is 4.79 Å². The summed E-state index contributed by atoms with van der Waals surface area (Å²) in [5, 5.41) is 0. The Bertz CT molecular complexity index is 280. The minimum atomic E-state index is -0.238. The predicted molar refractivity (Wildman–Crippen MR) is 71.2 cm³/mol. The zero-order valence-electron chi connectivity index (χ0n) is 11.5. The number of likely N-dealkylation sites (tertiary alicyclic amines) is 1. The van der Waals surface area contributed by atoms with E-state index >= 15 is 0 Å². The Morgan fingerprint density at radius 3 is 2.44 bits per heavy atom. The minimum absolute atomic E-state index is 0.238. The topological polar surface area (TPSA) is 55.6 Å². The van der Waals surface area contributed by atoms with E-state index in [2.05, 4.69) is 0 Å². The van der Waals surface area contributed by atoms with Crippen LogP contribution < -0.4 is 5.73 Å². The number of hydrogen-bond donors (Lipinski definition) is 1. The third-order valence-electron chi connectivity index (χ3n) is 4.54. The molecule has 2 rings (SSSR count). The molecule has 0 aromatic carbocycles. The fourth-order valence-electron chi connectivity index (χ4n) is 3.35. The molecule has 0 atom stereocenters. The monoisotopic (exact) mass is 254 g/mol. The van der Waals surface area contributed by atoms with E-state index in [4.69, 9.17) is 10.5 Å². The Hall–Kier alpha value is -0.610. The Morgan fingerprint density at radius 1 is 1.33 bits per heavy atom. The van der Waals surface area contributed by atoms with E-state index in [0.717, 1.165) is 58.2 Å². The van der Waals surface area contributed by atoms with Crippen molar-refractivity contribution in [3.05, 3.63) is 0 Å². The van der Waals surface area contributed by atoms with Crippen LogP contribution in [0.25, 0.3) is 0 Å². The van der Waals surface area contributed by atoms with Crippen LogP contribution in [0.1, 0.15) is 45.4 Å². The number of carbonyl (C=O) groups excluding carboxylic acids is 1. The molecule has 1 aliphatic heterocycles. The van der Waals surface area contributed by atoms with Gasteiger partial charge in [0.15, 0.2) is 0 Å². The van der Waals surface area contributed by atoms with Gasteiger partial charge in [-0.2, -0.15) is 0 Å². The Kier molecular flexibility index (Phi) is 4.62. The SMILES string of the molecule is CCOC1CCN(C(=O)C2(CN)CCCC2)CC1. The summed E-state index contributed by atoms with van der Waals surface area (Å²) in [6.45, 7) is 4.98. The average Bonchev–Trinajstić information content (AvgIpc) is 2.89. The summed E-state index contributed by atoms with van der Waals surface area (Å²) in [6, 6.07) is 0. The first kappa shape index (κ1) is 13.8. The number of amides is 1. The summed E-state index contributed by atoms with van der Waals surface area (Å²) < 4.78 is 5.63. The molecule has 0 radical (unpaired) electrons. The standard InChI is InChI=1S/C14H26N2O2/c1-2-18-12-5-9-16(10-6-12)13(17)14(11-15)7-3-4-8-14/h12H,2-11,15H2,1H3. The molecular formula is C14H26N2O2. The van der Waals surface area contributed by atoms with Crippen molar-refractivity contribution in [1.29, 1.82) is 0 Å². The number of rotatable bonds is 4. The third-order valence-corrected chi connectivity index (χ3v) is 4.54. The van der Waals surface area contributed by atoms with Gasteiger partial charge >= 0.3 is 0 Å². The zero-order valence-corrected chi connectivity index (χ0v) is 11.5. The van der Waals surface area contributed by atoms with Crippen molar-refractivity contribution >= 4 is 5.91 Å². The van der Waals surface area contributed by atoms with Crippen molar-refractivity contribution in [1.82, 2.24) is 4.90 Å². The van der Waals surface area contributed by atoms with Gasteiger partial charge in [0, 0.05) is 26.2 Å². The summed E-state index contributed by atoms with van der Waals surface area (Å²) in [5.41, 5.74) is 5.64. The van der Waals surface area contributed by atoms with Crippen LogP contribution in [0.3, 0.4) is 0 Å². The Morgan fingerprint density at radius 2 is 1.94 bits per heavy atom. The molecule has 1 heterocycles. The maximum Gasteiger partial charge on any atom is 0.230 e. The van der Waals surface area contributed by atoms with Crippen LogP contribution >= 0.6 is 0 Å². The quantitative estimate of drug-likeness (QED) is 0.828. The number of nitrogens with zero attached hydrogens (tertiary/aromatic N) is 1. The van der Waals surface area contributed by atoms with Crippen molar-refractivity contribution in [2.24, 2.45) is 11.1 Å². The van der Waals surface area contributed by atoms with E-state index in [9.17, 15) is 4.79 Å². The van der Waals surface area contributed by atoms with E-state index in [-0.39, 0.29) is 5.41 Å². The first-order valence-electron chi connectivity index (χ1n) is 7.33. The van der Waals surface area contributed by atoms with Gasteiger partial charge in [0.1, 0.15) is 0 Å². The van der Waals surface area contributed by atoms with Gasteiger partial charge in [-0.25, -0.2) is 0 Å². The van der Waals surface area contributed by atoms with Crippen LogP contribution in [0.2, 0.25) is 0 Å². The molecule has 0 bridgehead atoms. The molecule has 104 valence electrons. The Labute approximate surface area is 110 Å². The molecule has 1 amide bonds. The lowest BCUT2D eigenvalue weighted by molar-refractivity contribution is -0.144. The molecule has 0 aromatic heterocycles. The van der Waals surface area contributed by atoms with Crippen molar-refractivity contribution < 1.29 is 9.53 Å². The van der Waals surface area contributed by atoms with Gasteiger partial charge in [0.05, 0.1) is 11.5 Å². The molecule has 1 saturated carbocycles. The van der Waals surface area contributed by atoms with Crippen LogP contribution in [0.5, 0.6) is 0 Å². The maximum absolute atomic E-state index is 12.6. The van der Waals surface area contributed by atoms with E-state index in [0.29, 0.717) is 18.6 Å². The third kappa shape index (κ3) is 2.69. The summed E-state index contributed by atoms with van der Waals surface area (Å²) in [5.74, 6) is 0.303. The predicted octanol–water partition coefficient (Wildman–Crippen LogP) is 1.53. The molecule has 4 heteroatoms. The van der Waals surface area contributed by atoms with Crippen LogP contribution in [-0.4, -0.2) is 43.2 Å². The summed E-state index contributed by atoms with van der Waals surface area (Å²) >= 11 is 0. The highest BCUT2D eigenvalue weighted by atomic mass is 16.5. The molecule has 4 nitrogen and oxygen atoms in total. The van der Waals surface area contributed by atoms with Gasteiger partial charge in [0.25, 0.3) is 0 Å². The van der Waals surface area contributed by atoms with Crippen molar-refractivity contribution in [2.45, 2.75) is 51.6 Å². The molecule has 2 fully saturated rings. The first-order valence-corrected chi connectivity index (χ1v) is 7.33. The molecule has 2 N–H and O–H groups in total. The lowest BCUT2D eigenvalue weighted by atomic mass is 9.84. The first-order chi connectivity index (χ1) is 8.72. The van der Waals surface area contributed by atoms with Gasteiger partial charge < -0.3 is 15.4 Å². The average molecular weight is 254 g/mol. The normalized spacial score (nSPS) is 24.4. The van der Waals surface area contributed by atoms with E-state index in [1.165, 1.54) is 0 Å². The number of nitrogens with two attached hydrogens (primary N) is 1. The summed E-state index contributed by atoms with van der Waals surface area (Å²) in [4.78, 5) is 14.6. The number of hydrogen-bond acceptors (Lipinski definition) is 3. The largest absolute Gasteiger partial charge is 0.378 e. The number of piperidine rings is 1. The molecule has 2 aliphatic rings. The van der Waals surface area contributed by atoms with E-state index in [1.807, 2.05) is 11.8 Å². The second-order valence-electron chi connectivity index (χ2n) is 5.64. The molecule has 1 saturated heterocycles. The Balaban J connectivity index is 1.90. The molecule has 1 aliphatic carbocycles. The fourth-order valence-corrected chi connectivity index (χ4v) is 3.35. The highest BCUT2D eigenvalue weighted by Gasteiger charge is 2.42. The second kappa shape index (κ2) is 6.02. The van der Waals surface area contributed by atoms with Crippen LogP contribution in [0.15, 0.2) is 0 Å². The van der Waals surface area contributed by atoms with Crippen LogP contribution in [-0.2, 0) is 9.53 Å². The van der Waals surface area contributed by atoms with Gasteiger partial charge in [-0.1, -0.05) is 12.8 Å². The van der Waals surface area contributed by atoms with Crippen LogP contribution in [0, 0.1) is 5.41 Å². The van der Waals surface area contributed by atoms with Crippen molar-refractivity contribution in [3.8, 4) is 0 Å². The smallest absolute Gasteiger partial charge is 0.230 e. The second-order valence-corrected chi connectivity index (χ2v) is 5.64. The number of ether oxygens (including phenoxy) is 1. The highest BCUT2D eigenvalue weighted by molar-refractivity contribution is 5.83. The highest BCUT2D eigenvalue weighted by Crippen LogP contribution is 2.39. The van der Waals surface area contributed by atoms with E-state index in [1.54, 1.807) is 0 Å². The molecule has 0 unspecified atom stereocenters. The fraction of sp³-hybridized carbons (Fsp3) is 0.929. The minimum Gasteiger partial charge on any atom is -0.378 e. The maximum atomic E-state index is 12.6. The van der Waals surface area contributed by atoms with Crippen LogP contribution in [0.4, 0.5) is 0 Å². The zero-order chi connectivity index (χ0) is 13.0. The molecule has 0 spiro atoms. The van der Waals surface area contributed by atoms with Gasteiger partial charge in [0.2, 0.25) is 5.91 Å². The molecule has 0 aromatic rings. The van der Waals surface area contributed by atoms with Crippen molar-refractivity contribution in [3.63, 3.8) is 0 Å². The van der Waals surface area contributed by atoms with Gasteiger partial charge in [-0.05, 0) is 32.6 Å². The molecule has 18 heavy (non-hydrogen) atoms.